The number of allylic oxidation sites excluding steroid dienone is 2. The molecule has 1 fully saturated rings. The average Bonchev–Trinajstić information content (AvgIpc) is 3.22. The zero-order valence-corrected chi connectivity index (χ0v) is 18.7. The summed E-state index contributed by atoms with van der Waals surface area (Å²) >= 11 is -2.27. The van der Waals surface area contributed by atoms with Gasteiger partial charge in [0.2, 0.25) is 0 Å². The molecule has 3 heteroatoms. The van der Waals surface area contributed by atoms with Crippen LogP contribution in [0.5, 0.6) is 0 Å². The molecule has 0 N–H and O–H groups in total. The van der Waals surface area contributed by atoms with E-state index in [2.05, 4.69) is 74.5 Å². The fourth-order valence-corrected chi connectivity index (χ4v) is 19.8. The molecule has 0 aromatic heterocycles. The summed E-state index contributed by atoms with van der Waals surface area (Å²) in [5.74, 6) is 1.31. The Hall–Kier alpha value is -0.617. The number of benzene rings is 2. The average molecular weight is 451 g/mol. The summed E-state index contributed by atoms with van der Waals surface area (Å²) in [6, 6.07) is 18.1. The Morgan fingerprint density at radius 3 is 1.44 bits per heavy atom. The van der Waals surface area contributed by atoms with E-state index in [1.54, 1.807) is 11.1 Å². The van der Waals surface area contributed by atoms with Crippen LogP contribution in [0.25, 0.3) is 12.2 Å². The third-order valence-corrected chi connectivity index (χ3v) is 18.3. The standard InChI is InChI=1S/2C10H9.C2H4.2ClH.Zr/c2*1-8-6-7-9-4-2-3-5-10(8)9;1-2;;;/h2*2-5,7-8H,1H3;1-2H2;2*1H;/t2*8-;;;;/m10..../s1. The third kappa shape index (κ3) is 2.75. The Kier molecular flexibility index (Phi) is 5.24. The molecule has 5 rings (SSSR count). The van der Waals surface area contributed by atoms with Gasteiger partial charge in [-0.3, -0.25) is 0 Å². The molecule has 130 valence electrons. The largest absolute Gasteiger partial charge is 0.147 e. The van der Waals surface area contributed by atoms with Crippen LogP contribution >= 0.6 is 24.8 Å². The van der Waals surface area contributed by atoms with E-state index in [-0.39, 0.29) is 24.8 Å². The molecule has 0 nitrogen and oxygen atoms in total. The Bertz CT molecular complexity index is 808. The van der Waals surface area contributed by atoms with E-state index in [4.69, 9.17) is 0 Å². The number of hydrogen-bond acceptors (Lipinski definition) is 0. The first-order valence-corrected chi connectivity index (χ1v) is 14.8. The van der Waals surface area contributed by atoms with E-state index in [0.717, 1.165) is 0 Å². The number of rotatable bonds is 2. The molecule has 0 spiro atoms. The van der Waals surface area contributed by atoms with Gasteiger partial charge in [-0.15, -0.1) is 24.8 Å². The smallest absolute Gasteiger partial charge is 0.147 e. The maximum absolute atomic E-state index is 2.58. The minimum absolute atomic E-state index is 0. The molecule has 2 aromatic carbocycles. The normalized spacial score (nSPS) is 24.2. The minimum Gasteiger partial charge on any atom is -0.147 e. The summed E-state index contributed by atoms with van der Waals surface area (Å²) < 4.78 is 6.80. The van der Waals surface area contributed by atoms with Crippen molar-refractivity contribution in [2.45, 2.75) is 33.9 Å². The van der Waals surface area contributed by atoms with Crippen molar-refractivity contribution in [1.29, 1.82) is 0 Å². The summed E-state index contributed by atoms with van der Waals surface area (Å²) in [7, 11) is 0. The van der Waals surface area contributed by atoms with E-state index >= 15 is 0 Å². The van der Waals surface area contributed by atoms with Crippen LogP contribution in [0.4, 0.5) is 0 Å². The molecule has 1 heterocycles. The molecular formula is C22H24Cl2Zr. The van der Waals surface area contributed by atoms with Gasteiger partial charge < -0.3 is 0 Å². The van der Waals surface area contributed by atoms with Gasteiger partial charge in [0.15, 0.2) is 0 Å². The van der Waals surface area contributed by atoms with Gasteiger partial charge in [-0.05, 0) is 0 Å². The van der Waals surface area contributed by atoms with Gasteiger partial charge in [0.25, 0.3) is 0 Å². The van der Waals surface area contributed by atoms with Crippen molar-refractivity contribution in [2.24, 2.45) is 0 Å². The zero-order valence-electron chi connectivity index (χ0n) is 14.7. The second kappa shape index (κ2) is 6.84. The Morgan fingerprint density at radius 1 is 0.680 bits per heavy atom. The summed E-state index contributed by atoms with van der Waals surface area (Å²) in [4.78, 5) is 0. The quantitative estimate of drug-likeness (QED) is 0.456. The molecule has 1 saturated heterocycles. The van der Waals surface area contributed by atoms with Crippen LogP contribution < -0.4 is 0 Å². The SMILES string of the molecule is C[C@@H]1[C]([Zr]2([C]3=Cc4ccccc4[C@H]3C)[CH2][CH2]2)=Cc2ccccc21.Cl.Cl. The van der Waals surface area contributed by atoms with Crippen LogP contribution in [0, 0.1) is 0 Å². The summed E-state index contributed by atoms with van der Waals surface area (Å²) in [6.45, 7) is 4.89. The van der Waals surface area contributed by atoms with Crippen LogP contribution in [0.1, 0.15) is 47.9 Å². The summed E-state index contributed by atoms with van der Waals surface area (Å²) in [5.41, 5.74) is 6.10. The maximum atomic E-state index is 2.58. The van der Waals surface area contributed by atoms with E-state index < -0.39 is 20.3 Å². The zero-order chi connectivity index (χ0) is 15.6. The van der Waals surface area contributed by atoms with Gasteiger partial charge in [-0.25, -0.2) is 0 Å². The van der Waals surface area contributed by atoms with E-state index in [0.29, 0.717) is 11.8 Å². The molecule has 0 radical (unpaired) electrons. The molecule has 2 aliphatic carbocycles. The molecule has 0 bridgehead atoms. The topological polar surface area (TPSA) is 0 Å². The second-order valence-electron chi connectivity index (χ2n) is 7.48. The molecular weight excluding hydrogens is 426 g/mol. The maximum Gasteiger partial charge on any atom is -0.147 e. The van der Waals surface area contributed by atoms with Crippen molar-refractivity contribution >= 4 is 37.0 Å². The van der Waals surface area contributed by atoms with E-state index in [1.807, 2.05) is 6.56 Å². The third-order valence-electron chi connectivity index (χ3n) is 6.34. The molecule has 0 unspecified atom stereocenters. The van der Waals surface area contributed by atoms with Crippen molar-refractivity contribution in [3.05, 3.63) is 77.3 Å². The Labute approximate surface area is 167 Å². The molecule has 3 aliphatic rings. The van der Waals surface area contributed by atoms with Gasteiger partial charge in [-0.2, -0.15) is 0 Å². The number of hydrogen-bond donors (Lipinski definition) is 0. The first kappa shape index (κ1) is 19.2. The molecule has 25 heavy (non-hydrogen) atoms. The van der Waals surface area contributed by atoms with E-state index in [9.17, 15) is 0 Å². The summed E-state index contributed by atoms with van der Waals surface area (Å²) in [5, 5.41) is 0. The Balaban J connectivity index is 0.000000911. The first-order valence-electron chi connectivity index (χ1n) is 8.83. The van der Waals surface area contributed by atoms with Crippen molar-refractivity contribution in [1.82, 2.24) is 0 Å². The van der Waals surface area contributed by atoms with Crippen LogP contribution in [0.3, 0.4) is 0 Å². The number of halogens is 2. The monoisotopic (exact) mass is 448 g/mol. The van der Waals surface area contributed by atoms with Crippen molar-refractivity contribution in [2.75, 3.05) is 0 Å². The predicted octanol–water partition coefficient (Wildman–Crippen LogP) is 7.15. The van der Waals surface area contributed by atoms with Crippen LogP contribution in [-0.4, -0.2) is 0 Å². The summed E-state index contributed by atoms with van der Waals surface area (Å²) in [6.07, 6.45) is 5.17. The van der Waals surface area contributed by atoms with Gasteiger partial charge in [0, 0.05) is 0 Å². The minimum atomic E-state index is -2.27. The van der Waals surface area contributed by atoms with Crippen molar-refractivity contribution < 1.29 is 20.3 Å². The first-order chi connectivity index (χ1) is 11.2. The number of fused-ring (bicyclic) bond motifs is 2. The Morgan fingerprint density at radius 2 is 1.08 bits per heavy atom. The van der Waals surface area contributed by atoms with Gasteiger partial charge >= 0.3 is 144 Å². The molecule has 0 amide bonds. The molecule has 0 saturated carbocycles. The molecule has 2 atom stereocenters. The molecule has 2 aromatic rings. The van der Waals surface area contributed by atoms with E-state index in [1.165, 1.54) is 19.4 Å². The van der Waals surface area contributed by atoms with Crippen LogP contribution in [0.2, 0.25) is 8.26 Å². The van der Waals surface area contributed by atoms with Crippen LogP contribution in [-0.2, 0) is 20.3 Å². The predicted molar refractivity (Wildman–Crippen MR) is 110 cm³/mol. The second-order valence-corrected chi connectivity index (χ2v) is 18.1. The van der Waals surface area contributed by atoms with Crippen molar-refractivity contribution in [3.63, 3.8) is 0 Å². The fourth-order valence-electron chi connectivity index (χ4n) is 4.97. The van der Waals surface area contributed by atoms with Crippen molar-refractivity contribution in [3.8, 4) is 0 Å². The molecule has 1 aliphatic heterocycles. The van der Waals surface area contributed by atoms with Gasteiger partial charge in [0.05, 0.1) is 0 Å². The van der Waals surface area contributed by atoms with Gasteiger partial charge in [0.1, 0.15) is 0 Å². The van der Waals surface area contributed by atoms with Gasteiger partial charge in [-0.1, -0.05) is 0 Å². The fraction of sp³-hybridized carbons (Fsp3) is 0.273. The van der Waals surface area contributed by atoms with Crippen LogP contribution in [0.15, 0.2) is 55.1 Å².